The summed E-state index contributed by atoms with van der Waals surface area (Å²) in [5.74, 6) is -0.545. The van der Waals surface area contributed by atoms with Crippen molar-refractivity contribution in [2.45, 2.75) is 11.9 Å². The second-order valence-corrected chi connectivity index (χ2v) is 5.24. The number of sulfonamides is 1. The van der Waals surface area contributed by atoms with Gasteiger partial charge in [0.25, 0.3) is 0 Å². The van der Waals surface area contributed by atoms with Gasteiger partial charge in [-0.25, -0.2) is 8.42 Å². The van der Waals surface area contributed by atoms with Crippen molar-refractivity contribution < 1.29 is 26.4 Å². The van der Waals surface area contributed by atoms with Gasteiger partial charge in [-0.15, -0.1) is 0 Å². The van der Waals surface area contributed by atoms with Crippen molar-refractivity contribution in [3.63, 3.8) is 0 Å². The van der Waals surface area contributed by atoms with E-state index in [9.17, 15) is 21.6 Å². The molecule has 5 nitrogen and oxygen atoms in total. The Hall–Kier alpha value is -1.63. The molecule has 0 unspecified atom stereocenters. The minimum atomic E-state index is -4.61. The second-order valence-electron chi connectivity index (χ2n) is 3.55. The molecule has 1 rings (SSSR count). The van der Waals surface area contributed by atoms with Crippen LogP contribution in [0.15, 0.2) is 24.3 Å². The van der Waals surface area contributed by atoms with E-state index in [1.807, 2.05) is 6.07 Å². The second kappa shape index (κ2) is 6.01. The van der Waals surface area contributed by atoms with Gasteiger partial charge in [-0.1, -0.05) is 17.0 Å². The molecule has 0 saturated heterocycles. The smallest absolute Gasteiger partial charge is 0.278 e. The van der Waals surface area contributed by atoms with Crippen molar-refractivity contribution in [1.82, 2.24) is 4.89 Å². The minimum absolute atomic E-state index is 0.321. The number of nitriles is 1. The molecule has 1 N–H and O–H groups in total. The van der Waals surface area contributed by atoms with Gasteiger partial charge in [-0.3, -0.25) is 4.84 Å². The first-order chi connectivity index (χ1) is 8.72. The van der Waals surface area contributed by atoms with Crippen molar-refractivity contribution in [2.75, 3.05) is 6.61 Å². The third-order valence-electron chi connectivity index (χ3n) is 1.86. The van der Waals surface area contributed by atoms with E-state index in [1.165, 1.54) is 29.2 Å². The molecule has 0 heterocycles. The predicted octanol–water partition coefficient (Wildman–Crippen LogP) is 1.47. The molecular weight excluding hydrogens is 285 g/mol. The van der Waals surface area contributed by atoms with E-state index in [2.05, 4.69) is 4.84 Å². The molecule has 104 valence electrons. The average molecular weight is 294 g/mol. The Morgan fingerprint density at radius 2 is 1.84 bits per heavy atom. The van der Waals surface area contributed by atoms with E-state index in [0.717, 1.165) is 0 Å². The highest BCUT2D eigenvalue weighted by Gasteiger charge is 2.28. The zero-order valence-electron chi connectivity index (χ0n) is 9.44. The van der Waals surface area contributed by atoms with Gasteiger partial charge in [0.05, 0.1) is 17.4 Å². The van der Waals surface area contributed by atoms with E-state index in [4.69, 9.17) is 5.26 Å². The molecule has 0 bridgehead atoms. The Morgan fingerprint density at radius 3 is 2.32 bits per heavy atom. The molecule has 0 radical (unpaired) electrons. The summed E-state index contributed by atoms with van der Waals surface area (Å²) in [6.07, 6.45) is -4.61. The topological polar surface area (TPSA) is 79.2 Å². The molecule has 9 heteroatoms. The average Bonchev–Trinajstić information content (AvgIpc) is 2.27. The lowest BCUT2D eigenvalue weighted by Gasteiger charge is -2.09. The van der Waals surface area contributed by atoms with Gasteiger partial charge < -0.3 is 0 Å². The van der Waals surface area contributed by atoms with Crippen molar-refractivity contribution in [3.8, 4) is 6.07 Å². The van der Waals surface area contributed by atoms with Gasteiger partial charge in [0.1, 0.15) is 0 Å². The maximum absolute atomic E-state index is 11.8. The third-order valence-corrected chi connectivity index (χ3v) is 2.95. The number of halogens is 3. The van der Waals surface area contributed by atoms with Gasteiger partial charge in [0.15, 0.2) is 6.61 Å². The number of nitrogens with one attached hydrogen (secondary N) is 1. The number of alkyl halides is 3. The highest BCUT2D eigenvalue weighted by Crippen LogP contribution is 2.14. The molecule has 0 spiro atoms. The molecule has 1 aromatic carbocycles. The minimum Gasteiger partial charge on any atom is -0.278 e. The number of hydrogen-bond acceptors (Lipinski definition) is 4. The predicted molar refractivity (Wildman–Crippen MR) is 58.9 cm³/mol. The first kappa shape index (κ1) is 15.4. The SMILES string of the molecule is N#Cc1ccc(CS(=O)(=O)NOCC(F)(F)F)cc1. The largest absolute Gasteiger partial charge is 0.413 e. The zero-order valence-corrected chi connectivity index (χ0v) is 10.3. The number of nitrogens with zero attached hydrogens (tertiary/aromatic N) is 1. The third kappa shape index (κ3) is 6.19. The molecule has 0 fully saturated rings. The van der Waals surface area contributed by atoms with Gasteiger partial charge in [0, 0.05) is 0 Å². The van der Waals surface area contributed by atoms with E-state index in [0.29, 0.717) is 11.1 Å². The van der Waals surface area contributed by atoms with Crippen LogP contribution in [0.5, 0.6) is 0 Å². The summed E-state index contributed by atoms with van der Waals surface area (Å²) in [6, 6.07) is 7.44. The molecular formula is C10H9F3N2O3S. The van der Waals surface area contributed by atoms with Gasteiger partial charge >= 0.3 is 6.18 Å². The Labute approximate surface area is 107 Å². The number of rotatable bonds is 5. The summed E-state index contributed by atoms with van der Waals surface area (Å²) in [6.45, 7) is -1.71. The van der Waals surface area contributed by atoms with E-state index in [-0.39, 0.29) is 0 Å². The Kier molecular flexibility index (Phi) is 4.88. The Balaban J connectivity index is 2.57. The van der Waals surface area contributed by atoms with Crippen molar-refractivity contribution in [2.24, 2.45) is 0 Å². The molecule has 19 heavy (non-hydrogen) atoms. The molecule has 0 aromatic heterocycles. The summed E-state index contributed by atoms with van der Waals surface area (Å²) in [5.41, 5.74) is 0.671. The van der Waals surface area contributed by atoms with Crippen LogP contribution in [0.4, 0.5) is 13.2 Å². The van der Waals surface area contributed by atoms with Crippen molar-refractivity contribution in [1.29, 1.82) is 5.26 Å². The fourth-order valence-corrected chi connectivity index (χ4v) is 2.05. The fraction of sp³-hybridized carbons (Fsp3) is 0.300. The number of benzene rings is 1. The van der Waals surface area contributed by atoms with Crippen LogP contribution in [0.25, 0.3) is 0 Å². The van der Waals surface area contributed by atoms with Crippen LogP contribution in [-0.2, 0) is 20.6 Å². The monoisotopic (exact) mass is 294 g/mol. The molecule has 1 aromatic rings. The van der Waals surface area contributed by atoms with Gasteiger partial charge in [-0.05, 0) is 17.7 Å². The highest BCUT2D eigenvalue weighted by atomic mass is 32.2. The van der Waals surface area contributed by atoms with Gasteiger partial charge in [0.2, 0.25) is 10.0 Å². The van der Waals surface area contributed by atoms with E-state index < -0.39 is 28.6 Å². The summed E-state index contributed by atoms with van der Waals surface area (Å²) in [7, 11) is -4.03. The van der Waals surface area contributed by atoms with Crippen molar-refractivity contribution in [3.05, 3.63) is 35.4 Å². The van der Waals surface area contributed by atoms with Crippen LogP contribution in [0.3, 0.4) is 0 Å². The normalized spacial score (nSPS) is 12.1. The molecule has 0 atom stereocenters. The molecule has 0 amide bonds. The van der Waals surface area contributed by atoms with Crippen LogP contribution in [0.1, 0.15) is 11.1 Å². The molecule has 0 aliphatic carbocycles. The van der Waals surface area contributed by atoms with Crippen LogP contribution in [-0.4, -0.2) is 21.2 Å². The maximum atomic E-state index is 11.8. The Morgan fingerprint density at radius 1 is 1.26 bits per heavy atom. The first-order valence-electron chi connectivity index (χ1n) is 4.89. The summed E-state index contributed by atoms with van der Waals surface area (Å²) >= 11 is 0. The molecule has 0 saturated carbocycles. The van der Waals surface area contributed by atoms with Gasteiger partial charge in [-0.2, -0.15) is 18.4 Å². The lowest BCUT2D eigenvalue weighted by Crippen LogP contribution is -2.30. The molecule has 0 aliphatic heterocycles. The fourth-order valence-electron chi connectivity index (χ4n) is 1.13. The number of hydrogen-bond donors (Lipinski definition) is 1. The summed E-state index contributed by atoms with van der Waals surface area (Å²) in [5, 5.41) is 8.55. The lowest BCUT2D eigenvalue weighted by atomic mass is 10.2. The molecule has 0 aliphatic rings. The van der Waals surface area contributed by atoms with Crippen LogP contribution in [0.2, 0.25) is 0 Å². The van der Waals surface area contributed by atoms with E-state index >= 15 is 0 Å². The summed E-state index contributed by atoms with van der Waals surface area (Å²) in [4.78, 5) is 5.24. The Bertz CT molecular complexity index is 561. The zero-order chi connectivity index (χ0) is 14.5. The van der Waals surface area contributed by atoms with Crippen LogP contribution in [0, 0.1) is 11.3 Å². The lowest BCUT2D eigenvalue weighted by molar-refractivity contribution is -0.181. The van der Waals surface area contributed by atoms with E-state index in [1.54, 1.807) is 0 Å². The standard InChI is InChI=1S/C10H9F3N2O3S/c11-10(12,13)7-18-15-19(16,17)6-9-3-1-8(5-14)2-4-9/h1-4,15H,6-7H2. The maximum Gasteiger partial charge on any atom is 0.413 e. The summed E-state index contributed by atoms with van der Waals surface area (Å²) < 4.78 is 58.0. The van der Waals surface area contributed by atoms with Crippen LogP contribution >= 0.6 is 0 Å². The van der Waals surface area contributed by atoms with Crippen LogP contribution < -0.4 is 4.89 Å². The quantitative estimate of drug-likeness (QED) is 0.834. The first-order valence-corrected chi connectivity index (χ1v) is 6.54. The van der Waals surface area contributed by atoms with Crippen molar-refractivity contribution >= 4 is 10.0 Å². The highest BCUT2D eigenvalue weighted by molar-refractivity contribution is 7.88.